The minimum atomic E-state index is -1.06. The molecule has 1 unspecified atom stereocenters. The van der Waals surface area contributed by atoms with Crippen LogP contribution in [0, 0.1) is 0 Å². The topological polar surface area (TPSA) is 72.6 Å². The molecule has 15 heavy (non-hydrogen) atoms. The SMILES string of the molecule is COC(C)c1nc(C2CC2)c(C(=O)O)o1. The number of carbonyl (C=O) groups is 1. The average Bonchev–Trinajstić information content (AvgIpc) is 2.96. The predicted molar refractivity (Wildman–Crippen MR) is 50.9 cm³/mol. The highest BCUT2D eigenvalue weighted by Gasteiger charge is 2.34. The maximum absolute atomic E-state index is 10.9. The van der Waals surface area contributed by atoms with Crippen molar-refractivity contribution in [3.05, 3.63) is 17.3 Å². The first kappa shape index (κ1) is 10.2. The van der Waals surface area contributed by atoms with Crippen LogP contribution in [-0.4, -0.2) is 23.2 Å². The summed E-state index contributed by atoms with van der Waals surface area (Å²) < 4.78 is 10.2. The lowest BCUT2D eigenvalue weighted by molar-refractivity contribution is 0.0635. The van der Waals surface area contributed by atoms with Gasteiger partial charge in [0.05, 0.1) is 5.69 Å². The van der Waals surface area contributed by atoms with Crippen molar-refractivity contribution in [2.24, 2.45) is 0 Å². The van der Waals surface area contributed by atoms with Crippen molar-refractivity contribution in [3.63, 3.8) is 0 Å². The molecule has 1 N–H and O–H groups in total. The summed E-state index contributed by atoms with van der Waals surface area (Å²) in [4.78, 5) is 15.1. The number of ether oxygens (including phenoxy) is 1. The Morgan fingerprint density at radius 1 is 1.67 bits per heavy atom. The molecule has 1 aliphatic rings. The zero-order valence-electron chi connectivity index (χ0n) is 8.69. The molecule has 0 spiro atoms. The number of aromatic nitrogens is 1. The van der Waals surface area contributed by atoms with E-state index in [1.165, 1.54) is 7.11 Å². The molecular weight excluding hydrogens is 198 g/mol. The molecule has 5 nitrogen and oxygen atoms in total. The van der Waals surface area contributed by atoms with Gasteiger partial charge in [-0.05, 0) is 19.8 Å². The van der Waals surface area contributed by atoms with Crippen LogP contribution in [0.5, 0.6) is 0 Å². The van der Waals surface area contributed by atoms with Crippen LogP contribution in [0.3, 0.4) is 0 Å². The lowest BCUT2D eigenvalue weighted by atomic mass is 10.2. The number of methoxy groups -OCH3 is 1. The fraction of sp³-hybridized carbons (Fsp3) is 0.600. The first-order chi connectivity index (χ1) is 7.13. The Morgan fingerprint density at radius 2 is 2.33 bits per heavy atom. The number of aromatic carboxylic acids is 1. The van der Waals surface area contributed by atoms with Crippen LogP contribution in [0.2, 0.25) is 0 Å². The molecule has 1 heterocycles. The normalized spacial score (nSPS) is 17.7. The van der Waals surface area contributed by atoms with Crippen LogP contribution in [0.1, 0.15) is 53.9 Å². The summed E-state index contributed by atoms with van der Waals surface area (Å²) >= 11 is 0. The van der Waals surface area contributed by atoms with E-state index >= 15 is 0 Å². The van der Waals surface area contributed by atoms with Crippen LogP contribution in [0.15, 0.2) is 4.42 Å². The number of hydrogen-bond acceptors (Lipinski definition) is 4. The predicted octanol–water partition coefficient (Wildman–Crippen LogP) is 1.96. The van der Waals surface area contributed by atoms with Crippen LogP contribution in [0.25, 0.3) is 0 Å². The summed E-state index contributed by atoms with van der Waals surface area (Å²) in [5, 5.41) is 8.94. The minimum absolute atomic E-state index is 0.0311. The van der Waals surface area contributed by atoms with Gasteiger partial charge in [0.25, 0.3) is 0 Å². The van der Waals surface area contributed by atoms with E-state index in [4.69, 9.17) is 14.3 Å². The van der Waals surface area contributed by atoms with Crippen molar-refractivity contribution in [2.45, 2.75) is 31.8 Å². The highest BCUT2D eigenvalue weighted by Crippen LogP contribution is 2.41. The van der Waals surface area contributed by atoms with Crippen molar-refractivity contribution in [3.8, 4) is 0 Å². The maximum atomic E-state index is 10.9. The minimum Gasteiger partial charge on any atom is -0.475 e. The Balaban J connectivity index is 2.35. The van der Waals surface area contributed by atoms with Gasteiger partial charge >= 0.3 is 5.97 Å². The third-order valence-corrected chi connectivity index (χ3v) is 2.53. The number of nitrogens with zero attached hydrogens (tertiary/aromatic N) is 1. The van der Waals surface area contributed by atoms with Gasteiger partial charge in [0, 0.05) is 13.0 Å². The zero-order valence-corrected chi connectivity index (χ0v) is 8.69. The third-order valence-electron chi connectivity index (χ3n) is 2.53. The molecular formula is C10H13NO4. The second kappa shape index (κ2) is 3.66. The van der Waals surface area contributed by atoms with E-state index in [1.54, 1.807) is 6.92 Å². The summed E-state index contributed by atoms with van der Waals surface area (Å²) in [6.45, 7) is 1.77. The van der Waals surface area contributed by atoms with Crippen molar-refractivity contribution >= 4 is 5.97 Å². The number of oxazole rings is 1. The molecule has 1 atom stereocenters. The van der Waals surface area contributed by atoms with Gasteiger partial charge in [-0.2, -0.15) is 0 Å². The van der Waals surface area contributed by atoms with Crippen LogP contribution in [-0.2, 0) is 4.74 Å². The second-order valence-corrected chi connectivity index (χ2v) is 3.72. The zero-order chi connectivity index (χ0) is 11.0. The first-order valence-electron chi connectivity index (χ1n) is 4.90. The fourth-order valence-corrected chi connectivity index (χ4v) is 1.41. The van der Waals surface area contributed by atoms with E-state index in [2.05, 4.69) is 4.98 Å². The van der Waals surface area contributed by atoms with E-state index < -0.39 is 5.97 Å². The van der Waals surface area contributed by atoms with Crippen molar-refractivity contribution in [2.75, 3.05) is 7.11 Å². The molecule has 1 aromatic heterocycles. The molecule has 0 radical (unpaired) electrons. The van der Waals surface area contributed by atoms with E-state index in [-0.39, 0.29) is 17.8 Å². The highest BCUT2D eigenvalue weighted by molar-refractivity contribution is 5.85. The first-order valence-corrected chi connectivity index (χ1v) is 4.90. The smallest absolute Gasteiger partial charge is 0.373 e. The highest BCUT2D eigenvalue weighted by atomic mass is 16.5. The van der Waals surface area contributed by atoms with Crippen LogP contribution < -0.4 is 0 Å². The lowest BCUT2D eigenvalue weighted by Gasteiger charge is -2.02. The summed E-state index contributed by atoms with van der Waals surface area (Å²) in [7, 11) is 1.53. The summed E-state index contributed by atoms with van der Waals surface area (Å²) in [5.74, 6) is -0.482. The molecule has 82 valence electrons. The summed E-state index contributed by atoms with van der Waals surface area (Å²) in [6.07, 6.45) is 1.68. The number of carboxylic acid groups (broad SMARTS) is 1. The Kier molecular flexibility index (Phi) is 2.48. The Bertz CT molecular complexity index is 381. The molecule has 1 aromatic rings. The van der Waals surface area contributed by atoms with Gasteiger partial charge in [-0.25, -0.2) is 9.78 Å². The molecule has 0 aliphatic heterocycles. The molecule has 1 saturated carbocycles. The number of carboxylic acids is 1. The van der Waals surface area contributed by atoms with Crippen LogP contribution >= 0.6 is 0 Å². The third kappa shape index (κ3) is 1.87. The largest absolute Gasteiger partial charge is 0.475 e. The standard InChI is InChI=1S/C10H13NO4/c1-5(14-2)9-11-7(6-3-4-6)8(15-9)10(12)13/h5-6H,3-4H2,1-2H3,(H,12,13). The van der Waals surface area contributed by atoms with E-state index in [1.807, 2.05) is 0 Å². The maximum Gasteiger partial charge on any atom is 0.373 e. The Morgan fingerprint density at radius 3 is 2.80 bits per heavy atom. The monoisotopic (exact) mass is 211 g/mol. The van der Waals surface area contributed by atoms with Gasteiger partial charge < -0.3 is 14.3 Å². The second-order valence-electron chi connectivity index (χ2n) is 3.72. The molecule has 2 rings (SSSR count). The Labute approximate surface area is 87.1 Å². The van der Waals surface area contributed by atoms with E-state index in [0.29, 0.717) is 11.6 Å². The fourth-order valence-electron chi connectivity index (χ4n) is 1.41. The van der Waals surface area contributed by atoms with Crippen molar-refractivity contribution in [1.29, 1.82) is 0 Å². The molecule has 0 saturated heterocycles. The van der Waals surface area contributed by atoms with Gasteiger partial charge in [-0.3, -0.25) is 0 Å². The van der Waals surface area contributed by atoms with E-state index in [9.17, 15) is 4.79 Å². The van der Waals surface area contributed by atoms with Gasteiger partial charge in [0.1, 0.15) is 6.10 Å². The molecule has 0 bridgehead atoms. The molecule has 0 aromatic carbocycles. The van der Waals surface area contributed by atoms with Crippen molar-refractivity contribution < 1.29 is 19.1 Å². The summed E-state index contributed by atoms with van der Waals surface area (Å²) in [6, 6.07) is 0. The molecule has 5 heteroatoms. The average molecular weight is 211 g/mol. The van der Waals surface area contributed by atoms with E-state index in [0.717, 1.165) is 12.8 Å². The quantitative estimate of drug-likeness (QED) is 0.824. The van der Waals surface area contributed by atoms with Crippen molar-refractivity contribution in [1.82, 2.24) is 4.98 Å². The summed E-state index contributed by atoms with van der Waals surface area (Å²) in [5.41, 5.74) is 0.571. The molecule has 1 aliphatic carbocycles. The molecule has 1 fully saturated rings. The Hall–Kier alpha value is -1.36. The van der Waals surface area contributed by atoms with Gasteiger partial charge in [0.2, 0.25) is 11.7 Å². The number of rotatable bonds is 4. The number of hydrogen-bond donors (Lipinski definition) is 1. The van der Waals surface area contributed by atoms with Gasteiger partial charge in [0.15, 0.2) is 0 Å². The lowest BCUT2D eigenvalue weighted by Crippen LogP contribution is -1.98. The van der Waals surface area contributed by atoms with Crippen LogP contribution in [0.4, 0.5) is 0 Å². The van der Waals surface area contributed by atoms with Gasteiger partial charge in [-0.1, -0.05) is 0 Å². The van der Waals surface area contributed by atoms with Gasteiger partial charge in [-0.15, -0.1) is 0 Å². The molecule has 0 amide bonds.